The molecule has 1 atom stereocenters. The Kier molecular flexibility index (Phi) is 9.33. The van der Waals surface area contributed by atoms with Crippen molar-refractivity contribution in [2.75, 3.05) is 0 Å². The van der Waals surface area contributed by atoms with Gasteiger partial charge in [-0.25, -0.2) is 0 Å². The fourth-order valence-electron chi connectivity index (χ4n) is 3.63. The third kappa shape index (κ3) is 6.21. The summed E-state index contributed by atoms with van der Waals surface area (Å²) in [6, 6.07) is 16.9. The molecular weight excluding hydrogens is 378 g/mol. The van der Waals surface area contributed by atoms with Crippen LogP contribution in [0.15, 0.2) is 77.1 Å². The highest BCUT2D eigenvalue weighted by molar-refractivity contribution is 5.86. The van der Waals surface area contributed by atoms with E-state index in [4.69, 9.17) is 4.99 Å². The Labute approximate surface area is 188 Å². The molecule has 0 bridgehead atoms. The summed E-state index contributed by atoms with van der Waals surface area (Å²) in [5.41, 5.74) is 9.51. The van der Waals surface area contributed by atoms with Gasteiger partial charge in [0.1, 0.15) is 6.17 Å². The molecule has 1 heterocycles. The van der Waals surface area contributed by atoms with Gasteiger partial charge in [0.25, 0.3) is 0 Å². The zero-order valence-corrected chi connectivity index (χ0v) is 20.1. The molecule has 3 rings (SSSR count). The first kappa shape index (κ1) is 24.2. The van der Waals surface area contributed by atoms with Crippen LogP contribution in [-0.2, 0) is 0 Å². The van der Waals surface area contributed by atoms with E-state index in [-0.39, 0.29) is 6.17 Å². The summed E-state index contributed by atoms with van der Waals surface area (Å²) in [6.45, 7) is 14.7. The van der Waals surface area contributed by atoms with Crippen molar-refractivity contribution in [3.63, 3.8) is 0 Å². The third-order valence-electron chi connectivity index (χ3n) is 5.09. The maximum atomic E-state index is 4.81. The van der Waals surface area contributed by atoms with E-state index in [1.165, 1.54) is 33.4 Å². The van der Waals surface area contributed by atoms with E-state index in [1.807, 2.05) is 26.3 Å². The predicted octanol–water partition coefficient (Wildman–Crippen LogP) is 7.01. The van der Waals surface area contributed by atoms with Crippen molar-refractivity contribution < 1.29 is 0 Å². The average molecular weight is 416 g/mol. The summed E-state index contributed by atoms with van der Waals surface area (Å²) in [7, 11) is 0. The Hall–Kier alpha value is -3.07. The van der Waals surface area contributed by atoms with Crippen LogP contribution in [0.1, 0.15) is 63.3 Å². The number of hydrogen-bond donors (Lipinski definition) is 2. The lowest BCUT2D eigenvalue weighted by Crippen LogP contribution is -2.41. The van der Waals surface area contributed by atoms with Gasteiger partial charge in [-0.15, -0.1) is 0 Å². The molecular formula is C28H37N3. The molecule has 0 fully saturated rings. The zero-order valence-electron chi connectivity index (χ0n) is 20.1. The first-order valence-corrected chi connectivity index (χ1v) is 11.3. The van der Waals surface area contributed by atoms with Gasteiger partial charge >= 0.3 is 0 Å². The van der Waals surface area contributed by atoms with Crippen LogP contribution in [0, 0.1) is 13.8 Å². The first-order chi connectivity index (χ1) is 15.0. The standard InChI is InChI=1S/C26H31N3.C2H6/c1-6-11-23(21-14-9-7-12-19(21)4)29-25-17-27-24(16-28-25)26(18(2)3)22-15-10-8-13-20(22)5;1-2/h7-17,25,28-29H,6H2,1-5H3;1-2H3/b23-11-;. The van der Waals surface area contributed by atoms with E-state index in [0.717, 1.165) is 17.8 Å². The first-order valence-electron chi connectivity index (χ1n) is 11.3. The highest BCUT2D eigenvalue weighted by Crippen LogP contribution is 2.30. The van der Waals surface area contributed by atoms with Crippen LogP contribution in [-0.4, -0.2) is 12.4 Å². The molecule has 1 aliphatic rings. The van der Waals surface area contributed by atoms with Gasteiger partial charge in [0.2, 0.25) is 0 Å². The molecule has 0 aliphatic carbocycles. The highest BCUT2D eigenvalue weighted by Gasteiger charge is 2.17. The van der Waals surface area contributed by atoms with Crippen molar-refractivity contribution in [2.24, 2.45) is 4.99 Å². The highest BCUT2D eigenvalue weighted by atomic mass is 15.1. The van der Waals surface area contributed by atoms with Crippen LogP contribution in [0.5, 0.6) is 0 Å². The van der Waals surface area contributed by atoms with E-state index in [2.05, 4.69) is 99.9 Å². The number of nitrogens with one attached hydrogen (secondary N) is 2. The minimum atomic E-state index is -0.0496. The van der Waals surface area contributed by atoms with Gasteiger partial charge in [-0.1, -0.05) is 81.0 Å². The third-order valence-corrected chi connectivity index (χ3v) is 5.09. The van der Waals surface area contributed by atoms with E-state index < -0.39 is 0 Å². The number of rotatable bonds is 6. The molecule has 2 aromatic rings. The number of nitrogens with zero attached hydrogens (tertiary/aromatic N) is 1. The Morgan fingerprint density at radius 3 is 2.03 bits per heavy atom. The summed E-state index contributed by atoms with van der Waals surface area (Å²) in [5.74, 6) is 0. The van der Waals surface area contributed by atoms with Gasteiger partial charge in [-0.3, -0.25) is 4.99 Å². The Morgan fingerprint density at radius 2 is 1.55 bits per heavy atom. The molecule has 0 radical (unpaired) electrons. The lowest BCUT2D eigenvalue weighted by molar-refractivity contribution is 0.680. The minimum absolute atomic E-state index is 0.0496. The molecule has 3 heteroatoms. The molecule has 3 nitrogen and oxygen atoms in total. The molecule has 1 aliphatic heterocycles. The van der Waals surface area contributed by atoms with Crippen molar-refractivity contribution in [2.45, 2.75) is 61.1 Å². The van der Waals surface area contributed by atoms with Gasteiger partial charge in [-0.2, -0.15) is 0 Å². The lowest BCUT2D eigenvalue weighted by Gasteiger charge is -2.24. The molecule has 2 N–H and O–H groups in total. The summed E-state index contributed by atoms with van der Waals surface area (Å²) < 4.78 is 0. The lowest BCUT2D eigenvalue weighted by atomic mass is 9.94. The molecule has 0 spiro atoms. The Balaban J connectivity index is 0.00000166. The number of aryl methyl sites for hydroxylation is 2. The van der Waals surface area contributed by atoms with Gasteiger partial charge in [0.15, 0.2) is 0 Å². The van der Waals surface area contributed by atoms with Gasteiger partial charge in [0.05, 0.1) is 5.70 Å². The summed E-state index contributed by atoms with van der Waals surface area (Å²) in [4.78, 5) is 4.81. The van der Waals surface area contributed by atoms with Gasteiger partial charge in [0, 0.05) is 29.2 Å². The quantitative estimate of drug-likeness (QED) is 0.532. The van der Waals surface area contributed by atoms with Crippen molar-refractivity contribution in [1.82, 2.24) is 10.6 Å². The number of aliphatic imine (C=N–C) groups is 1. The maximum absolute atomic E-state index is 4.81. The second-order valence-electron chi connectivity index (χ2n) is 7.63. The maximum Gasteiger partial charge on any atom is 0.133 e. The second kappa shape index (κ2) is 11.9. The van der Waals surface area contributed by atoms with Crippen LogP contribution < -0.4 is 10.6 Å². The summed E-state index contributed by atoms with van der Waals surface area (Å²) >= 11 is 0. The van der Waals surface area contributed by atoms with E-state index in [1.54, 1.807) is 0 Å². The van der Waals surface area contributed by atoms with Gasteiger partial charge in [-0.05, 0) is 50.8 Å². The van der Waals surface area contributed by atoms with Crippen LogP contribution in [0.2, 0.25) is 0 Å². The van der Waals surface area contributed by atoms with Crippen LogP contribution in [0.3, 0.4) is 0 Å². The molecule has 164 valence electrons. The Morgan fingerprint density at radius 1 is 0.968 bits per heavy atom. The normalized spacial score (nSPS) is 15.3. The van der Waals surface area contributed by atoms with Crippen LogP contribution in [0.4, 0.5) is 0 Å². The molecule has 31 heavy (non-hydrogen) atoms. The van der Waals surface area contributed by atoms with Crippen LogP contribution >= 0.6 is 0 Å². The van der Waals surface area contributed by atoms with E-state index >= 15 is 0 Å². The molecule has 0 saturated carbocycles. The molecule has 2 aromatic carbocycles. The predicted molar refractivity (Wildman–Crippen MR) is 137 cm³/mol. The smallest absolute Gasteiger partial charge is 0.133 e. The average Bonchev–Trinajstić information content (AvgIpc) is 2.78. The fraction of sp³-hybridized carbons (Fsp3) is 0.321. The minimum Gasteiger partial charge on any atom is -0.365 e. The molecule has 0 saturated heterocycles. The summed E-state index contributed by atoms with van der Waals surface area (Å²) in [6.07, 6.45) is 7.13. The molecule has 1 unspecified atom stereocenters. The van der Waals surface area contributed by atoms with Crippen molar-refractivity contribution in [3.8, 4) is 0 Å². The van der Waals surface area contributed by atoms with Crippen molar-refractivity contribution in [3.05, 3.63) is 94.3 Å². The summed E-state index contributed by atoms with van der Waals surface area (Å²) in [5, 5.41) is 7.07. The van der Waals surface area contributed by atoms with E-state index in [0.29, 0.717) is 0 Å². The zero-order chi connectivity index (χ0) is 22.8. The van der Waals surface area contributed by atoms with Gasteiger partial charge < -0.3 is 10.6 Å². The van der Waals surface area contributed by atoms with Crippen molar-refractivity contribution >= 4 is 17.5 Å². The SMILES string of the molecule is CC.CC/C=C(\NC1C=NC(C(=C(C)C)c2ccccc2C)=CN1)c1ccccc1C. The second-order valence-corrected chi connectivity index (χ2v) is 7.63. The number of allylic oxidation sites excluding steroid dienone is 3. The van der Waals surface area contributed by atoms with Crippen LogP contribution in [0.25, 0.3) is 11.3 Å². The number of hydrogen-bond acceptors (Lipinski definition) is 3. The van der Waals surface area contributed by atoms with E-state index in [9.17, 15) is 0 Å². The Bertz CT molecular complexity index is 989. The van der Waals surface area contributed by atoms with Crippen molar-refractivity contribution in [1.29, 1.82) is 0 Å². The molecule has 0 aromatic heterocycles. The topological polar surface area (TPSA) is 36.4 Å². The molecule has 0 amide bonds. The number of benzene rings is 2. The largest absolute Gasteiger partial charge is 0.365 e. The monoisotopic (exact) mass is 415 g/mol. The fourth-order valence-corrected chi connectivity index (χ4v) is 3.63.